The maximum atomic E-state index is 9.52. The Labute approximate surface area is 112 Å². The van der Waals surface area contributed by atoms with Gasteiger partial charge in [0.2, 0.25) is 0 Å². The van der Waals surface area contributed by atoms with Crippen LogP contribution in [0.15, 0.2) is 24.3 Å². The van der Waals surface area contributed by atoms with Gasteiger partial charge in [0.25, 0.3) is 0 Å². The third kappa shape index (κ3) is 2.70. The van der Waals surface area contributed by atoms with Crippen LogP contribution in [0.5, 0.6) is 0 Å². The van der Waals surface area contributed by atoms with Gasteiger partial charge in [-0.15, -0.1) is 11.8 Å². The van der Waals surface area contributed by atoms with Gasteiger partial charge in [-0.3, -0.25) is 4.68 Å². The van der Waals surface area contributed by atoms with Crippen molar-refractivity contribution in [3.63, 3.8) is 0 Å². The molecule has 0 aliphatic carbocycles. The topological polar surface area (TPSA) is 38.0 Å². The fourth-order valence-corrected chi connectivity index (χ4v) is 2.81. The second-order valence-electron chi connectivity index (χ2n) is 4.54. The van der Waals surface area contributed by atoms with Gasteiger partial charge in [0.05, 0.1) is 17.3 Å². The molecule has 0 saturated carbocycles. The van der Waals surface area contributed by atoms with Crippen molar-refractivity contribution in [3.05, 3.63) is 30.0 Å². The molecule has 1 heterocycles. The SMILES string of the molecule is CCn1nc(CSC(C)C(C)O)c2ccccc21. The molecule has 2 rings (SSSR count). The van der Waals surface area contributed by atoms with Crippen molar-refractivity contribution >= 4 is 22.7 Å². The third-order valence-electron chi connectivity index (χ3n) is 3.20. The number of aromatic nitrogens is 2. The number of rotatable bonds is 5. The molecule has 2 aromatic rings. The Balaban J connectivity index is 2.23. The molecule has 1 N–H and O–H groups in total. The first-order valence-corrected chi connectivity index (χ1v) is 7.42. The van der Waals surface area contributed by atoms with E-state index in [1.165, 1.54) is 10.9 Å². The minimum atomic E-state index is -0.283. The van der Waals surface area contributed by atoms with Gasteiger partial charge in [0.1, 0.15) is 0 Å². The van der Waals surface area contributed by atoms with Crippen LogP contribution in [0.25, 0.3) is 10.9 Å². The molecule has 3 nitrogen and oxygen atoms in total. The van der Waals surface area contributed by atoms with Gasteiger partial charge >= 0.3 is 0 Å². The van der Waals surface area contributed by atoms with Crippen molar-refractivity contribution in [3.8, 4) is 0 Å². The number of benzene rings is 1. The van der Waals surface area contributed by atoms with Gasteiger partial charge in [-0.05, 0) is 19.9 Å². The highest BCUT2D eigenvalue weighted by atomic mass is 32.2. The molecule has 98 valence electrons. The zero-order valence-electron chi connectivity index (χ0n) is 11.1. The molecule has 18 heavy (non-hydrogen) atoms. The minimum absolute atomic E-state index is 0.232. The fourth-order valence-electron chi connectivity index (χ4n) is 1.89. The minimum Gasteiger partial charge on any atom is -0.392 e. The first-order valence-electron chi connectivity index (χ1n) is 6.37. The lowest BCUT2D eigenvalue weighted by Gasteiger charge is -2.12. The van der Waals surface area contributed by atoms with E-state index < -0.39 is 0 Å². The van der Waals surface area contributed by atoms with Crippen molar-refractivity contribution < 1.29 is 5.11 Å². The smallest absolute Gasteiger partial charge is 0.0802 e. The van der Waals surface area contributed by atoms with Gasteiger partial charge in [-0.2, -0.15) is 5.10 Å². The van der Waals surface area contributed by atoms with Crippen LogP contribution < -0.4 is 0 Å². The monoisotopic (exact) mass is 264 g/mol. The zero-order chi connectivity index (χ0) is 13.1. The Morgan fingerprint density at radius 2 is 2.06 bits per heavy atom. The summed E-state index contributed by atoms with van der Waals surface area (Å²) in [6.07, 6.45) is -0.283. The number of hydrogen-bond donors (Lipinski definition) is 1. The number of para-hydroxylation sites is 1. The molecular weight excluding hydrogens is 244 g/mol. The third-order valence-corrected chi connectivity index (χ3v) is 4.56. The Kier molecular flexibility index (Phi) is 4.30. The second-order valence-corrected chi connectivity index (χ2v) is 5.90. The van der Waals surface area contributed by atoms with Gasteiger partial charge < -0.3 is 5.11 Å². The fraction of sp³-hybridized carbons (Fsp3) is 0.500. The Morgan fingerprint density at radius 1 is 1.33 bits per heavy atom. The van der Waals surface area contributed by atoms with Gasteiger partial charge in [-0.25, -0.2) is 0 Å². The Bertz CT molecular complexity index is 521. The number of aryl methyl sites for hydroxylation is 1. The molecule has 1 aromatic carbocycles. The summed E-state index contributed by atoms with van der Waals surface area (Å²) in [5.74, 6) is 0.847. The first kappa shape index (κ1) is 13.4. The molecule has 2 atom stereocenters. The summed E-state index contributed by atoms with van der Waals surface area (Å²) in [7, 11) is 0. The first-order chi connectivity index (χ1) is 8.63. The quantitative estimate of drug-likeness (QED) is 0.902. The predicted octanol–water partition coefficient (Wildman–Crippen LogP) is 3.06. The molecule has 0 aliphatic heterocycles. The van der Waals surface area contributed by atoms with Crippen molar-refractivity contribution in [2.45, 2.75) is 44.4 Å². The van der Waals surface area contributed by atoms with E-state index >= 15 is 0 Å². The lowest BCUT2D eigenvalue weighted by molar-refractivity contribution is 0.196. The Hall–Kier alpha value is -1.00. The van der Waals surface area contributed by atoms with E-state index in [4.69, 9.17) is 0 Å². The summed E-state index contributed by atoms with van der Waals surface area (Å²) in [6, 6.07) is 8.33. The number of aliphatic hydroxyl groups is 1. The van der Waals surface area contributed by atoms with Crippen LogP contribution in [0.3, 0.4) is 0 Å². The van der Waals surface area contributed by atoms with E-state index in [1.54, 1.807) is 11.8 Å². The van der Waals surface area contributed by atoms with E-state index in [1.807, 2.05) is 24.6 Å². The van der Waals surface area contributed by atoms with Crippen LogP contribution >= 0.6 is 11.8 Å². The largest absolute Gasteiger partial charge is 0.392 e. The zero-order valence-corrected chi connectivity index (χ0v) is 11.9. The molecule has 2 unspecified atom stereocenters. The lowest BCUT2D eigenvalue weighted by Crippen LogP contribution is -2.15. The maximum absolute atomic E-state index is 9.52. The average molecular weight is 264 g/mol. The van der Waals surface area contributed by atoms with Crippen molar-refractivity contribution in [2.24, 2.45) is 0 Å². The summed E-state index contributed by atoms with van der Waals surface area (Å²) >= 11 is 1.75. The van der Waals surface area contributed by atoms with Gasteiger partial charge in [0, 0.05) is 22.9 Å². The number of aliphatic hydroxyl groups excluding tert-OH is 1. The van der Waals surface area contributed by atoms with Crippen molar-refractivity contribution in [2.75, 3.05) is 0 Å². The molecule has 0 fully saturated rings. The normalized spacial score (nSPS) is 14.9. The van der Waals surface area contributed by atoms with Crippen LogP contribution in [0, 0.1) is 0 Å². The summed E-state index contributed by atoms with van der Waals surface area (Å²) in [4.78, 5) is 0. The van der Waals surface area contributed by atoms with E-state index in [0.717, 1.165) is 18.0 Å². The number of fused-ring (bicyclic) bond motifs is 1. The van der Waals surface area contributed by atoms with E-state index in [0.29, 0.717) is 0 Å². The maximum Gasteiger partial charge on any atom is 0.0802 e. The van der Waals surface area contributed by atoms with Crippen molar-refractivity contribution in [1.82, 2.24) is 9.78 Å². The molecule has 0 bridgehead atoms. The summed E-state index contributed by atoms with van der Waals surface area (Å²) in [6.45, 7) is 6.88. The molecule has 0 aliphatic rings. The molecular formula is C14H20N2OS. The van der Waals surface area contributed by atoms with Gasteiger partial charge in [0.15, 0.2) is 0 Å². The summed E-state index contributed by atoms with van der Waals surface area (Å²) in [5.41, 5.74) is 2.31. The molecule has 0 spiro atoms. The van der Waals surface area contributed by atoms with E-state index in [2.05, 4.69) is 30.2 Å². The highest BCUT2D eigenvalue weighted by Crippen LogP contribution is 2.25. The molecule has 0 radical (unpaired) electrons. The molecule has 1 aromatic heterocycles. The highest BCUT2D eigenvalue weighted by Gasteiger charge is 2.13. The highest BCUT2D eigenvalue weighted by molar-refractivity contribution is 7.99. The van der Waals surface area contributed by atoms with Crippen LogP contribution in [-0.4, -0.2) is 26.2 Å². The number of thioether (sulfide) groups is 1. The average Bonchev–Trinajstić information content (AvgIpc) is 2.74. The number of nitrogens with zero attached hydrogens (tertiary/aromatic N) is 2. The molecule has 0 amide bonds. The van der Waals surface area contributed by atoms with Crippen LogP contribution in [0.4, 0.5) is 0 Å². The Morgan fingerprint density at radius 3 is 2.72 bits per heavy atom. The van der Waals surface area contributed by atoms with E-state index in [9.17, 15) is 5.11 Å². The van der Waals surface area contributed by atoms with Gasteiger partial charge in [-0.1, -0.05) is 25.1 Å². The summed E-state index contributed by atoms with van der Waals surface area (Å²) < 4.78 is 2.04. The van der Waals surface area contributed by atoms with Crippen molar-refractivity contribution in [1.29, 1.82) is 0 Å². The molecule has 0 saturated heterocycles. The summed E-state index contributed by atoms with van der Waals surface area (Å²) in [5, 5.41) is 15.6. The standard InChI is InChI=1S/C14H20N2OS/c1-4-16-14-8-6-5-7-12(14)13(15-16)9-18-11(3)10(2)17/h5-8,10-11,17H,4,9H2,1-3H3. The second kappa shape index (κ2) is 5.76. The molecule has 4 heteroatoms. The predicted molar refractivity (Wildman–Crippen MR) is 77.8 cm³/mol. The van der Waals surface area contributed by atoms with E-state index in [-0.39, 0.29) is 11.4 Å². The lowest BCUT2D eigenvalue weighted by atomic mass is 10.2. The van der Waals surface area contributed by atoms with Crippen LogP contribution in [0.2, 0.25) is 0 Å². The van der Waals surface area contributed by atoms with Crippen LogP contribution in [-0.2, 0) is 12.3 Å². The number of hydrogen-bond acceptors (Lipinski definition) is 3. The van der Waals surface area contributed by atoms with Crippen LogP contribution in [0.1, 0.15) is 26.5 Å².